The van der Waals surface area contributed by atoms with Crippen molar-refractivity contribution in [3.63, 3.8) is 0 Å². The summed E-state index contributed by atoms with van der Waals surface area (Å²) in [5.74, 6) is 1.63. The summed E-state index contributed by atoms with van der Waals surface area (Å²) in [6.45, 7) is 0. The van der Waals surface area contributed by atoms with Crippen LogP contribution in [0.5, 0.6) is 0 Å². The summed E-state index contributed by atoms with van der Waals surface area (Å²) in [5, 5.41) is 6.00. The van der Waals surface area contributed by atoms with Gasteiger partial charge in [-0.3, -0.25) is 0 Å². The number of nitrogens with zero attached hydrogens (tertiary/aromatic N) is 2. The Morgan fingerprint density at radius 2 is 1.09 bits per heavy atom. The molecule has 8 rings (SSSR count). The average molecular weight is 592 g/mol. The van der Waals surface area contributed by atoms with Gasteiger partial charge >= 0.3 is 0 Å². The first kappa shape index (κ1) is 27.7. The molecule has 0 aromatic heterocycles. The zero-order valence-corrected chi connectivity index (χ0v) is 25.5. The third-order valence-corrected chi connectivity index (χ3v) is 8.80. The van der Waals surface area contributed by atoms with Crippen molar-refractivity contribution in [2.75, 3.05) is 0 Å². The maximum Gasteiger partial charge on any atom is 0.169 e. The van der Waals surface area contributed by atoms with Crippen molar-refractivity contribution in [3.8, 4) is 22.3 Å². The molecular weight excluding hydrogens is 558 g/mol. The number of benzene rings is 6. The van der Waals surface area contributed by atoms with Crippen LogP contribution in [-0.2, 0) is 0 Å². The Kier molecular flexibility index (Phi) is 7.41. The Bertz CT molecular complexity index is 2160. The Balaban J connectivity index is 1.22. The zero-order chi connectivity index (χ0) is 30.7. The highest BCUT2D eigenvalue weighted by atomic mass is 15.2. The second kappa shape index (κ2) is 12.3. The van der Waals surface area contributed by atoms with E-state index in [4.69, 9.17) is 9.98 Å². The summed E-state index contributed by atoms with van der Waals surface area (Å²) in [4.78, 5) is 10.4. The normalized spacial score (nSPS) is 15.9. The highest BCUT2D eigenvalue weighted by Gasteiger charge is 2.22. The van der Waals surface area contributed by atoms with E-state index in [0.717, 1.165) is 41.2 Å². The van der Waals surface area contributed by atoms with Crippen molar-refractivity contribution in [2.24, 2.45) is 9.98 Å². The minimum Gasteiger partial charge on any atom is -0.324 e. The molecule has 220 valence electrons. The summed E-state index contributed by atoms with van der Waals surface area (Å²) in [6.07, 6.45) is 8.42. The largest absolute Gasteiger partial charge is 0.324 e. The van der Waals surface area contributed by atoms with E-state index in [9.17, 15) is 0 Å². The first-order chi connectivity index (χ1) is 22.8. The number of hydrogen-bond acceptors (Lipinski definition) is 3. The van der Waals surface area contributed by atoms with Crippen LogP contribution in [0, 0.1) is 0 Å². The first-order valence-electron chi connectivity index (χ1n) is 15.9. The second-order valence-electron chi connectivity index (χ2n) is 11.8. The Hall–Kier alpha value is -5.80. The molecule has 1 aliphatic heterocycles. The lowest BCUT2D eigenvalue weighted by Gasteiger charge is -2.23. The fourth-order valence-electron chi connectivity index (χ4n) is 6.37. The van der Waals surface area contributed by atoms with Crippen molar-refractivity contribution >= 4 is 28.0 Å². The molecule has 0 spiro atoms. The van der Waals surface area contributed by atoms with E-state index in [0.29, 0.717) is 0 Å². The van der Waals surface area contributed by atoms with Gasteiger partial charge in [0, 0.05) is 11.1 Å². The molecule has 46 heavy (non-hydrogen) atoms. The number of fused-ring (bicyclic) bond motifs is 1. The third-order valence-electron chi connectivity index (χ3n) is 8.80. The fourth-order valence-corrected chi connectivity index (χ4v) is 6.37. The lowest BCUT2D eigenvalue weighted by Crippen LogP contribution is -2.36. The number of aliphatic imine (C=N–C) groups is 2. The van der Waals surface area contributed by atoms with E-state index in [1.165, 1.54) is 44.2 Å². The molecule has 6 aromatic carbocycles. The van der Waals surface area contributed by atoms with Crippen LogP contribution in [0.3, 0.4) is 0 Å². The molecule has 0 saturated heterocycles. The Labute approximate surface area is 270 Å². The second-order valence-corrected chi connectivity index (χ2v) is 11.8. The van der Waals surface area contributed by atoms with Gasteiger partial charge in [-0.2, -0.15) is 0 Å². The van der Waals surface area contributed by atoms with E-state index in [1.54, 1.807) is 0 Å². The van der Waals surface area contributed by atoms with Crippen molar-refractivity contribution in [1.29, 1.82) is 0 Å². The maximum atomic E-state index is 5.23. The number of rotatable bonds is 6. The Morgan fingerprint density at radius 3 is 1.74 bits per heavy atom. The summed E-state index contributed by atoms with van der Waals surface area (Å²) in [6, 6.07) is 51.5. The molecule has 3 heteroatoms. The summed E-state index contributed by atoms with van der Waals surface area (Å²) < 4.78 is 0. The van der Waals surface area contributed by atoms with Crippen LogP contribution in [0.1, 0.15) is 41.3 Å². The predicted octanol–water partition coefficient (Wildman–Crippen LogP) is 10.4. The van der Waals surface area contributed by atoms with Gasteiger partial charge in [-0.05, 0) is 80.8 Å². The molecule has 1 atom stereocenters. The van der Waals surface area contributed by atoms with Gasteiger partial charge < -0.3 is 5.32 Å². The number of hydrogen-bond donors (Lipinski definition) is 1. The first-order valence-corrected chi connectivity index (χ1v) is 15.9. The van der Waals surface area contributed by atoms with E-state index < -0.39 is 6.17 Å². The number of nitrogens with one attached hydrogen (secondary N) is 1. The van der Waals surface area contributed by atoms with Crippen molar-refractivity contribution < 1.29 is 0 Å². The van der Waals surface area contributed by atoms with Crippen LogP contribution < -0.4 is 5.32 Å². The highest BCUT2D eigenvalue weighted by Crippen LogP contribution is 2.36. The number of allylic oxidation sites excluding steroid dienone is 4. The molecule has 0 bridgehead atoms. The van der Waals surface area contributed by atoms with Crippen LogP contribution in [0.25, 0.3) is 38.6 Å². The van der Waals surface area contributed by atoms with Gasteiger partial charge in [-0.1, -0.05) is 146 Å². The van der Waals surface area contributed by atoms with E-state index in [-0.39, 0.29) is 0 Å². The van der Waals surface area contributed by atoms with Crippen LogP contribution in [0.15, 0.2) is 174 Å². The monoisotopic (exact) mass is 591 g/mol. The SMILES string of the molecule is C1=CCCC(c2ccc3cc(C4=NC(c5ccc(-c6ccccc6)c(-c6ccccc6)c5)N=C(c5ccccc5)N4)ccc3c2)=C1. The molecule has 1 heterocycles. The predicted molar refractivity (Wildman–Crippen MR) is 193 cm³/mol. The number of amidine groups is 2. The minimum atomic E-state index is -0.400. The topological polar surface area (TPSA) is 36.8 Å². The molecule has 2 aliphatic rings. The van der Waals surface area contributed by atoms with Gasteiger partial charge in [0.15, 0.2) is 6.17 Å². The van der Waals surface area contributed by atoms with Crippen LogP contribution in [0.2, 0.25) is 0 Å². The molecule has 6 aromatic rings. The Morgan fingerprint density at radius 1 is 0.500 bits per heavy atom. The fraction of sp³-hybridized carbons (Fsp3) is 0.0698. The van der Waals surface area contributed by atoms with Gasteiger partial charge in [-0.25, -0.2) is 9.98 Å². The van der Waals surface area contributed by atoms with Gasteiger partial charge in [-0.15, -0.1) is 0 Å². The molecular formula is C43H33N3. The third kappa shape index (κ3) is 5.60. The maximum absolute atomic E-state index is 5.23. The highest BCUT2D eigenvalue weighted by molar-refractivity contribution is 6.16. The molecule has 0 saturated carbocycles. The molecule has 1 N–H and O–H groups in total. The lowest BCUT2D eigenvalue weighted by atomic mass is 9.92. The quantitative estimate of drug-likeness (QED) is 0.206. The zero-order valence-electron chi connectivity index (χ0n) is 25.5. The van der Waals surface area contributed by atoms with Crippen molar-refractivity contribution in [3.05, 3.63) is 186 Å². The molecule has 3 nitrogen and oxygen atoms in total. The summed E-state index contributed by atoms with van der Waals surface area (Å²) in [5.41, 5.74) is 10.5. The minimum absolute atomic E-state index is 0.400. The summed E-state index contributed by atoms with van der Waals surface area (Å²) in [7, 11) is 0. The molecule has 1 unspecified atom stereocenters. The van der Waals surface area contributed by atoms with Gasteiger partial charge in [0.2, 0.25) is 0 Å². The lowest BCUT2D eigenvalue weighted by molar-refractivity contribution is 0.756. The standard InChI is InChI=1S/C43H33N3/c1-5-13-30(14-6-1)34-21-22-36-28-37(24-23-35(36)27-34)42-44-41(33-19-11-4-12-20-33)45-43(46-42)38-25-26-39(31-15-7-2-8-16-31)40(29-38)32-17-9-3-10-18-32/h1-5,7-13,15-29,43H,6,14H2,(H,44,45,46). The van der Waals surface area contributed by atoms with E-state index in [1.807, 2.05) is 18.2 Å². The van der Waals surface area contributed by atoms with Crippen molar-refractivity contribution in [1.82, 2.24) is 5.32 Å². The summed E-state index contributed by atoms with van der Waals surface area (Å²) >= 11 is 0. The molecule has 0 radical (unpaired) electrons. The van der Waals surface area contributed by atoms with Crippen molar-refractivity contribution in [2.45, 2.75) is 19.0 Å². The molecule has 0 fully saturated rings. The smallest absolute Gasteiger partial charge is 0.169 e. The van der Waals surface area contributed by atoms with Gasteiger partial charge in [0.05, 0.1) is 0 Å². The van der Waals surface area contributed by atoms with Gasteiger partial charge in [0.25, 0.3) is 0 Å². The van der Waals surface area contributed by atoms with Gasteiger partial charge in [0.1, 0.15) is 11.7 Å². The van der Waals surface area contributed by atoms with Crippen LogP contribution >= 0.6 is 0 Å². The van der Waals surface area contributed by atoms with E-state index >= 15 is 0 Å². The average Bonchev–Trinajstić information content (AvgIpc) is 3.15. The van der Waals surface area contributed by atoms with Crippen LogP contribution in [0.4, 0.5) is 0 Å². The van der Waals surface area contributed by atoms with Crippen LogP contribution in [-0.4, -0.2) is 11.7 Å². The van der Waals surface area contributed by atoms with E-state index in [2.05, 4.69) is 151 Å². The molecule has 1 aliphatic carbocycles. The molecule has 0 amide bonds.